The number of para-hydroxylation sites is 1. The van der Waals surface area contributed by atoms with Gasteiger partial charge in [-0.05, 0) is 29.3 Å². The number of fused-ring (bicyclic) bond motifs is 1. The summed E-state index contributed by atoms with van der Waals surface area (Å²) in [7, 11) is 0. The van der Waals surface area contributed by atoms with Gasteiger partial charge in [-0.25, -0.2) is 9.38 Å². The number of hydrogen-bond donors (Lipinski definition) is 0. The minimum atomic E-state index is -0.179. The molecule has 96 valence electrons. The molecule has 0 atom stereocenters. The minimum absolute atomic E-state index is 0.179. The van der Waals surface area contributed by atoms with E-state index in [4.69, 9.17) is 0 Å². The Morgan fingerprint density at radius 1 is 1.16 bits per heavy atom. The summed E-state index contributed by atoms with van der Waals surface area (Å²) in [5, 5.41) is 0. The molecule has 3 rings (SSSR count). The van der Waals surface area contributed by atoms with E-state index in [1.807, 2.05) is 24.3 Å². The maximum absolute atomic E-state index is 13.1. The Morgan fingerprint density at radius 3 is 2.95 bits per heavy atom. The van der Waals surface area contributed by atoms with Crippen LogP contribution in [0, 0.1) is 5.82 Å². The van der Waals surface area contributed by atoms with E-state index >= 15 is 0 Å². The largest absolute Gasteiger partial charge is 0.235 e. The van der Waals surface area contributed by atoms with E-state index < -0.39 is 0 Å². The van der Waals surface area contributed by atoms with Crippen LogP contribution in [0.15, 0.2) is 53.5 Å². The predicted octanol–water partition coefficient (Wildman–Crippen LogP) is 4.99. The highest BCUT2D eigenvalue weighted by Gasteiger charge is 2.12. The van der Waals surface area contributed by atoms with E-state index in [-0.39, 0.29) is 5.82 Å². The van der Waals surface area contributed by atoms with Crippen molar-refractivity contribution in [1.29, 1.82) is 0 Å². The molecule has 0 fully saturated rings. The number of thioether (sulfide) groups is 2. The SMILES string of the molecule is Fc1cccc(CSC2=Nc3ccccc3CS2)c1. The molecule has 0 saturated carbocycles. The van der Waals surface area contributed by atoms with Crippen LogP contribution >= 0.6 is 23.5 Å². The van der Waals surface area contributed by atoms with Crippen molar-refractivity contribution in [2.75, 3.05) is 0 Å². The zero-order valence-corrected chi connectivity index (χ0v) is 11.8. The van der Waals surface area contributed by atoms with Crippen molar-refractivity contribution in [3.8, 4) is 0 Å². The number of hydrogen-bond acceptors (Lipinski definition) is 3. The van der Waals surface area contributed by atoms with Gasteiger partial charge in [0.05, 0.1) is 5.69 Å². The molecule has 1 nitrogen and oxygen atoms in total. The summed E-state index contributed by atoms with van der Waals surface area (Å²) < 4.78 is 14.1. The minimum Gasteiger partial charge on any atom is -0.235 e. The lowest BCUT2D eigenvalue weighted by Gasteiger charge is -2.14. The van der Waals surface area contributed by atoms with Crippen molar-refractivity contribution < 1.29 is 4.39 Å². The Labute approximate surface area is 120 Å². The lowest BCUT2D eigenvalue weighted by Crippen LogP contribution is -1.96. The maximum atomic E-state index is 13.1. The first-order valence-corrected chi connectivity index (χ1v) is 7.95. The molecular formula is C15H12FNS2. The average Bonchev–Trinajstić information content (AvgIpc) is 2.45. The van der Waals surface area contributed by atoms with Crippen LogP contribution in [0.1, 0.15) is 11.1 Å². The van der Waals surface area contributed by atoms with Crippen molar-refractivity contribution >= 4 is 33.6 Å². The third-order valence-corrected chi connectivity index (χ3v) is 5.12. The lowest BCUT2D eigenvalue weighted by molar-refractivity contribution is 0.626. The van der Waals surface area contributed by atoms with Gasteiger partial charge in [-0.1, -0.05) is 53.9 Å². The first-order chi connectivity index (χ1) is 9.31. The van der Waals surface area contributed by atoms with Gasteiger partial charge in [0.2, 0.25) is 0 Å². The highest BCUT2D eigenvalue weighted by Crippen LogP contribution is 2.35. The van der Waals surface area contributed by atoms with Crippen LogP contribution in [-0.2, 0) is 11.5 Å². The second-order valence-corrected chi connectivity index (χ2v) is 6.40. The molecule has 4 heteroatoms. The van der Waals surface area contributed by atoms with Crippen molar-refractivity contribution in [3.05, 3.63) is 65.5 Å². The predicted molar refractivity (Wildman–Crippen MR) is 82.5 cm³/mol. The zero-order valence-electron chi connectivity index (χ0n) is 10.2. The molecular weight excluding hydrogens is 277 g/mol. The molecule has 19 heavy (non-hydrogen) atoms. The number of nitrogens with zero attached hydrogens (tertiary/aromatic N) is 1. The second-order valence-electron chi connectivity index (χ2n) is 4.21. The van der Waals surface area contributed by atoms with Crippen molar-refractivity contribution in [1.82, 2.24) is 0 Å². The van der Waals surface area contributed by atoms with Crippen LogP contribution < -0.4 is 0 Å². The van der Waals surface area contributed by atoms with E-state index in [1.54, 1.807) is 35.7 Å². The average molecular weight is 289 g/mol. The summed E-state index contributed by atoms with van der Waals surface area (Å²) in [6.45, 7) is 0. The van der Waals surface area contributed by atoms with Gasteiger partial charge >= 0.3 is 0 Å². The standard InChI is InChI=1S/C15H12FNS2/c16-13-6-3-4-11(8-13)9-18-15-17-14-7-2-1-5-12(14)10-19-15/h1-8H,9-10H2. The van der Waals surface area contributed by atoms with Gasteiger partial charge in [0, 0.05) is 11.5 Å². The molecule has 0 spiro atoms. The molecule has 0 radical (unpaired) electrons. The highest BCUT2D eigenvalue weighted by molar-refractivity contribution is 8.38. The Kier molecular flexibility index (Phi) is 3.89. The molecule has 2 aromatic rings. The van der Waals surface area contributed by atoms with Crippen LogP contribution in [0.4, 0.5) is 10.1 Å². The molecule has 1 heterocycles. The molecule has 2 aromatic carbocycles. The van der Waals surface area contributed by atoms with E-state index in [9.17, 15) is 4.39 Å². The molecule has 0 N–H and O–H groups in total. The molecule has 0 saturated heterocycles. The van der Waals surface area contributed by atoms with Crippen molar-refractivity contribution in [3.63, 3.8) is 0 Å². The lowest BCUT2D eigenvalue weighted by atomic mass is 10.2. The van der Waals surface area contributed by atoms with Gasteiger partial charge in [-0.3, -0.25) is 0 Å². The van der Waals surface area contributed by atoms with Crippen LogP contribution in [0.3, 0.4) is 0 Å². The second kappa shape index (κ2) is 5.80. The number of halogens is 1. The van der Waals surface area contributed by atoms with Gasteiger partial charge in [0.1, 0.15) is 10.2 Å². The maximum Gasteiger partial charge on any atom is 0.131 e. The van der Waals surface area contributed by atoms with Crippen LogP contribution in [0.25, 0.3) is 0 Å². The van der Waals surface area contributed by atoms with Gasteiger partial charge in [-0.15, -0.1) is 0 Å². The van der Waals surface area contributed by atoms with Crippen molar-refractivity contribution in [2.24, 2.45) is 4.99 Å². The fourth-order valence-electron chi connectivity index (χ4n) is 1.86. The smallest absolute Gasteiger partial charge is 0.131 e. The molecule has 0 aromatic heterocycles. The summed E-state index contributed by atoms with van der Waals surface area (Å²) >= 11 is 3.42. The third kappa shape index (κ3) is 3.19. The Morgan fingerprint density at radius 2 is 2.05 bits per heavy atom. The summed E-state index contributed by atoms with van der Waals surface area (Å²) in [6.07, 6.45) is 0. The fourth-order valence-corrected chi connectivity index (χ4v) is 3.86. The van der Waals surface area contributed by atoms with E-state index in [2.05, 4.69) is 11.1 Å². The van der Waals surface area contributed by atoms with E-state index in [0.29, 0.717) is 0 Å². The van der Waals surface area contributed by atoms with Gasteiger partial charge in [-0.2, -0.15) is 0 Å². The normalized spacial score (nSPS) is 13.8. The number of aliphatic imine (C=N–C) groups is 1. The van der Waals surface area contributed by atoms with E-state index in [1.165, 1.54) is 11.6 Å². The quantitative estimate of drug-likeness (QED) is 0.772. The Balaban J connectivity index is 1.70. The Bertz CT molecular complexity index is 625. The van der Waals surface area contributed by atoms with Gasteiger partial charge in [0.25, 0.3) is 0 Å². The highest BCUT2D eigenvalue weighted by atomic mass is 32.2. The molecule has 1 aliphatic rings. The molecule has 0 aliphatic carbocycles. The molecule has 0 unspecified atom stereocenters. The van der Waals surface area contributed by atoms with Gasteiger partial charge < -0.3 is 0 Å². The molecule has 0 bridgehead atoms. The van der Waals surface area contributed by atoms with E-state index in [0.717, 1.165) is 27.1 Å². The number of benzene rings is 2. The van der Waals surface area contributed by atoms with Crippen LogP contribution in [0.5, 0.6) is 0 Å². The number of rotatable bonds is 2. The zero-order chi connectivity index (χ0) is 13.1. The topological polar surface area (TPSA) is 12.4 Å². The fraction of sp³-hybridized carbons (Fsp3) is 0.133. The molecule has 1 aliphatic heterocycles. The summed E-state index contributed by atoms with van der Waals surface area (Å²) in [6, 6.07) is 14.9. The summed E-state index contributed by atoms with van der Waals surface area (Å²) in [4.78, 5) is 4.63. The Hall–Kier alpha value is -1.26. The van der Waals surface area contributed by atoms with Crippen LogP contribution in [-0.4, -0.2) is 4.38 Å². The van der Waals surface area contributed by atoms with Gasteiger partial charge in [0.15, 0.2) is 0 Å². The first-order valence-electron chi connectivity index (χ1n) is 5.98. The summed E-state index contributed by atoms with van der Waals surface area (Å²) in [5.41, 5.74) is 3.33. The summed E-state index contributed by atoms with van der Waals surface area (Å²) in [5.74, 6) is 1.54. The van der Waals surface area contributed by atoms with Crippen LogP contribution in [0.2, 0.25) is 0 Å². The van der Waals surface area contributed by atoms with Crippen molar-refractivity contribution in [2.45, 2.75) is 11.5 Å². The molecule has 0 amide bonds. The third-order valence-electron chi connectivity index (χ3n) is 2.81. The monoisotopic (exact) mass is 289 g/mol. The first kappa shape index (κ1) is 12.8.